The Hall–Kier alpha value is -2.95. The van der Waals surface area contributed by atoms with E-state index in [4.69, 9.17) is 11.5 Å². The van der Waals surface area contributed by atoms with Crippen molar-refractivity contribution in [1.82, 2.24) is 15.0 Å². The molecule has 0 radical (unpaired) electrons. The minimum atomic E-state index is 0.395. The summed E-state index contributed by atoms with van der Waals surface area (Å²) in [4.78, 5) is 12.9. The molecule has 0 atom stereocenters. The van der Waals surface area contributed by atoms with Crippen molar-refractivity contribution < 1.29 is 0 Å². The highest BCUT2D eigenvalue weighted by atomic mass is 15.0. The minimum Gasteiger partial charge on any atom is -0.383 e. The van der Waals surface area contributed by atoms with Crippen LogP contribution in [0.25, 0.3) is 11.5 Å². The third kappa shape index (κ3) is 2.81. The number of rotatable bonds is 3. The van der Waals surface area contributed by atoms with Crippen molar-refractivity contribution in [1.29, 1.82) is 0 Å². The normalized spacial score (nSPS) is 10.5. The van der Waals surface area contributed by atoms with Gasteiger partial charge in [0, 0.05) is 18.2 Å². The summed E-state index contributed by atoms with van der Waals surface area (Å²) in [5.41, 5.74) is 14.6. The molecule has 5 heteroatoms. The lowest BCUT2D eigenvalue weighted by atomic mass is 10.1. The van der Waals surface area contributed by atoms with Crippen LogP contribution in [0.2, 0.25) is 0 Å². The first kappa shape index (κ1) is 13.1. The van der Waals surface area contributed by atoms with Crippen molar-refractivity contribution in [2.45, 2.75) is 6.42 Å². The van der Waals surface area contributed by atoms with E-state index in [-0.39, 0.29) is 0 Å². The fourth-order valence-corrected chi connectivity index (χ4v) is 2.11. The Morgan fingerprint density at radius 1 is 0.810 bits per heavy atom. The first-order valence-corrected chi connectivity index (χ1v) is 6.61. The SMILES string of the molecule is Nc1nc(-c2ccccn2)nc(N)c1Cc1ccccc1. The van der Waals surface area contributed by atoms with Gasteiger partial charge in [-0.25, -0.2) is 9.97 Å². The van der Waals surface area contributed by atoms with E-state index in [0.29, 0.717) is 29.6 Å². The Morgan fingerprint density at radius 3 is 2.10 bits per heavy atom. The number of nitrogen functional groups attached to an aromatic ring is 2. The zero-order chi connectivity index (χ0) is 14.7. The Kier molecular flexibility index (Phi) is 3.47. The summed E-state index contributed by atoms with van der Waals surface area (Å²) in [5, 5.41) is 0. The van der Waals surface area contributed by atoms with Crippen LogP contribution in [0.15, 0.2) is 54.7 Å². The highest BCUT2D eigenvalue weighted by Gasteiger charge is 2.12. The number of nitrogens with zero attached hydrogens (tertiary/aromatic N) is 3. The summed E-state index contributed by atoms with van der Waals surface area (Å²) >= 11 is 0. The van der Waals surface area contributed by atoms with Gasteiger partial charge in [0.1, 0.15) is 17.3 Å². The number of aromatic nitrogens is 3. The molecule has 0 aliphatic rings. The van der Waals surface area contributed by atoms with Gasteiger partial charge in [-0.15, -0.1) is 0 Å². The van der Waals surface area contributed by atoms with E-state index in [1.165, 1.54) is 0 Å². The van der Waals surface area contributed by atoms with Gasteiger partial charge in [-0.05, 0) is 17.7 Å². The molecule has 0 fully saturated rings. The van der Waals surface area contributed by atoms with E-state index >= 15 is 0 Å². The number of hydrogen-bond donors (Lipinski definition) is 2. The summed E-state index contributed by atoms with van der Waals surface area (Å²) < 4.78 is 0. The van der Waals surface area contributed by atoms with Crippen molar-refractivity contribution in [2.75, 3.05) is 11.5 Å². The molecule has 2 heterocycles. The molecule has 3 rings (SSSR count). The predicted molar refractivity (Wildman–Crippen MR) is 83.3 cm³/mol. The van der Waals surface area contributed by atoms with Gasteiger partial charge in [0.15, 0.2) is 5.82 Å². The summed E-state index contributed by atoms with van der Waals surface area (Å²) in [7, 11) is 0. The molecule has 1 aromatic carbocycles. The lowest BCUT2D eigenvalue weighted by molar-refractivity contribution is 1.08. The quantitative estimate of drug-likeness (QED) is 0.766. The Bertz CT molecular complexity index is 718. The largest absolute Gasteiger partial charge is 0.383 e. The van der Waals surface area contributed by atoms with Crippen molar-refractivity contribution >= 4 is 11.6 Å². The first-order valence-electron chi connectivity index (χ1n) is 6.61. The van der Waals surface area contributed by atoms with E-state index in [0.717, 1.165) is 11.1 Å². The highest BCUT2D eigenvalue weighted by Crippen LogP contribution is 2.23. The molecule has 0 spiro atoms. The van der Waals surface area contributed by atoms with Crippen LogP contribution in [0.1, 0.15) is 11.1 Å². The third-order valence-electron chi connectivity index (χ3n) is 3.19. The minimum absolute atomic E-state index is 0.395. The van der Waals surface area contributed by atoms with Gasteiger partial charge in [0.05, 0.1) is 0 Å². The molecule has 2 aromatic heterocycles. The Labute approximate surface area is 122 Å². The number of hydrogen-bond acceptors (Lipinski definition) is 5. The van der Waals surface area contributed by atoms with Crippen LogP contribution in [0.4, 0.5) is 11.6 Å². The lowest BCUT2D eigenvalue weighted by Crippen LogP contribution is -2.08. The molecule has 104 valence electrons. The molecule has 4 N–H and O–H groups in total. The van der Waals surface area contributed by atoms with Crippen LogP contribution >= 0.6 is 0 Å². The van der Waals surface area contributed by atoms with Crippen LogP contribution in [0.5, 0.6) is 0 Å². The molecule has 0 saturated heterocycles. The van der Waals surface area contributed by atoms with Crippen LogP contribution in [-0.4, -0.2) is 15.0 Å². The van der Waals surface area contributed by atoms with Gasteiger partial charge in [-0.1, -0.05) is 36.4 Å². The summed E-state index contributed by atoms with van der Waals surface area (Å²) in [6.45, 7) is 0. The fraction of sp³-hybridized carbons (Fsp3) is 0.0625. The van der Waals surface area contributed by atoms with Crippen LogP contribution in [-0.2, 0) is 6.42 Å². The van der Waals surface area contributed by atoms with Gasteiger partial charge >= 0.3 is 0 Å². The van der Waals surface area contributed by atoms with Gasteiger partial charge < -0.3 is 11.5 Å². The van der Waals surface area contributed by atoms with Crippen molar-refractivity contribution in [2.24, 2.45) is 0 Å². The first-order chi connectivity index (χ1) is 10.2. The Morgan fingerprint density at radius 2 is 1.48 bits per heavy atom. The van der Waals surface area contributed by atoms with Crippen LogP contribution in [0, 0.1) is 0 Å². The lowest BCUT2D eigenvalue weighted by Gasteiger charge is -2.10. The predicted octanol–water partition coefficient (Wildman–Crippen LogP) is 2.29. The Balaban J connectivity index is 1.97. The molecule has 0 amide bonds. The smallest absolute Gasteiger partial charge is 0.182 e. The van der Waals surface area contributed by atoms with Gasteiger partial charge in [0.25, 0.3) is 0 Å². The average molecular weight is 277 g/mol. The zero-order valence-corrected chi connectivity index (χ0v) is 11.4. The van der Waals surface area contributed by atoms with Crippen LogP contribution in [0.3, 0.4) is 0 Å². The second-order valence-electron chi connectivity index (χ2n) is 4.67. The molecular formula is C16H15N5. The molecule has 21 heavy (non-hydrogen) atoms. The standard InChI is InChI=1S/C16H15N5/c17-14-12(10-11-6-2-1-3-7-11)15(18)21-16(20-14)13-8-4-5-9-19-13/h1-9H,10H2,(H4,17,18,20,21). The average Bonchev–Trinajstić information content (AvgIpc) is 2.52. The molecule has 0 aliphatic heterocycles. The van der Waals surface area contributed by atoms with E-state index in [9.17, 15) is 0 Å². The topological polar surface area (TPSA) is 90.7 Å². The molecule has 0 saturated carbocycles. The second kappa shape index (κ2) is 5.58. The maximum atomic E-state index is 6.05. The maximum Gasteiger partial charge on any atom is 0.182 e. The monoisotopic (exact) mass is 277 g/mol. The maximum absolute atomic E-state index is 6.05. The molecule has 0 bridgehead atoms. The fourth-order valence-electron chi connectivity index (χ4n) is 2.11. The second-order valence-corrected chi connectivity index (χ2v) is 4.67. The van der Waals surface area contributed by atoms with Gasteiger partial charge in [0.2, 0.25) is 0 Å². The molecular weight excluding hydrogens is 262 g/mol. The summed E-state index contributed by atoms with van der Waals surface area (Å²) in [5.74, 6) is 1.24. The van der Waals surface area contributed by atoms with Crippen LogP contribution < -0.4 is 11.5 Å². The van der Waals surface area contributed by atoms with Gasteiger partial charge in [-0.2, -0.15) is 0 Å². The molecule has 0 aliphatic carbocycles. The van der Waals surface area contributed by atoms with E-state index < -0.39 is 0 Å². The van der Waals surface area contributed by atoms with Gasteiger partial charge in [-0.3, -0.25) is 4.98 Å². The van der Waals surface area contributed by atoms with Crippen molar-refractivity contribution in [3.05, 3.63) is 65.9 Å². The molecule has 0 unspecified atom stereocenters. The summed E-state index contributed by atoms with van der Waals surface area (Å²) in [6, 6.07) is 15.5. The molecule has 3 aromatic rings. The number of benzene rings is 1. The number of pyridine rings is 1. The number of nitrogens with two attached hydrogens (primary N) is 2. The van der Waals surface area contributed by atoms with E-state index in [2.05, 4.69) is 15.0 Å². The zero-order valence-electron chi connectivity index (χ0n) is 11.4. The molecule has 5 nitrogen and oxygen atoms in total. The van der Waals surface area contributed by atoms with E-state index in [1.807, 2.05) is 48.5 Å². The highest BCUT2D eigenvalue weighted by molar-refractivity contribution is 5.61. The van der Waals surface area contributed by atoms with Crippen molar-refractivity contribution in [3.8, 4) is 11.5 Å². The number of anilines is 2. The summed E-state index contributed by atoms with van der Waals surface area (Å²) in [6.07, 6.45) is 2.30. The van der Waals surface area contributed by atoms with E-state index in [1.54, 1.807) is 6.20 Å². The van der Waals surface area contributed by atoms with Crippen molar-refractivity contribution in [3.63, 3.8) is 0 Å². The third-order valence-corrected chi connectivity index (χ3v) is 3.19.